The number of rotatable bonds is 4. The van der Waals surface area contributed by atoms with E-state index in [1.165, 1.54) is 25.8 Å². The molecule has 0 unspecified atom stereocenters. The summed E-state index contributed by atoms with van der Waals surface area (Å²) in [4.78, 5) is 14.5. The molecule has 104 valence electrons. The van der Waals surface area contributed by atoms with Crippen LogP contribution in [0.25, 0.3) is 0 Å². The van der Waals surface area contributed by atoms with Crippen LogP contribution in [0, 0.1) is 0 Å². The van der Waals surface area contributed by atoms with Gasteiger partial charge >= 0.3 is 0 Å². The topological polar surface area (TPSA) is 45.5 Å². The van der Waals surface area contributed by atoms with Crippen molar-refractivity contribution in [2.24, 2.45) is 0 Å². The molecule has 1 N–H and O–H groups in total. The zero-order chi connectivity index (χ0) is 13.1. The van der Waals surface area contributed by atoms with Crippen LogP contribution in [-0.4, -0.2) is 36.0 Å². The van der Waals surface area contributed by atoms with Gasteiger partial charge in [-0.1, -0.05) is 6.42 Å². The minimum absolute atomic E-state index is 0.161. The van der Waals surface area contributed by atoms with Crippen LogP contribution in [0.1, 0.15) is 37.9 Å². The van der Waals surface area contributed by atoms with Gasteiger partial charge in [-0.15, -0.1) is 0 Å². The summed E-state index contributed by atoms with van der Waals surface area (Å²) in [5.41, 5.74) is 0. The van der Waals surface area contributed by atoms with Gasteiger partial charge in [-0.25, -0.2) is 0 Å². The monoisotopic (exact) mass is 262 g/mol. The van der Waals surface area contributed by atoms with Gasteiger partial charge in [0.15, 0.2) is 0 Å². The van der Waals surface area contributed by atoms with Crippen molar-refractivity contribution in [3.05, 3.63) is 24.2 Å². The Morgan fingerprint density at radius 3 is 3.16 bits per heavy atom. The largest absolute Gasteiger partial charge is 0.469 e. The van der Waals surface area contributed by atoms with Gasteiger partial charge in [0.25, 0.3) is 0 Å². The molecule has 1 aromatic rings. The van der Waals surface area contributed by atoms with E-state index in [0.29, 0.717) is 24.9 Å². The van der Waals surface area contributed by atoms with Crippen LogP contribution in [0.4, 0.5) is 0 Å². The Hall–Kier alpha value is -1.29. The SMILES string of the molecule is O=C(CCc1ccco1)N[C@H]1CCN2CCCC[C@H]12. The molecule has 2 atom stereocenters. The maximum absolute atomic E-state index is 12.0. The fourth-order valence-corrected chi connectivity index (χ4v) is 3.39. The molecule has 2 aliphatic heterocycles. The van der Waals surface area contributed by atoms with Crippen molar-refractivity contribution in [1.82, 2.24) is 10.2 Å². The van der Waals surface area contributed by atoms with E-state index in [-0.39, 0.29) is 5.91 Å². The highest BCUT2D eigenvalue weighted by molar-refractivity contribution is 5.76. The Morgan fingerprint density at radius 2 is 2.32 bits per heavy atom. The summed E-state index contributed by atoms with van der Waals surface area (Å²) in [6.07, 6.45) is 7.84. The number of amides is 1. The fraction of sp³-hybridized carbons (Fsp3) is 0.667. The van der Waals surface area contributed by atoms with Crippen molar-refractivity contribution in [2.75, 3.05) is 13.1 Å². The molecule has 0 saturated carbocycles. The maximum Gasteiger partial charge on any atom is 0.220 e. The summed E-state index contributed by atoms with van der Waals surface area (Å²) in [5, 5.41) is 3.22. The highest BCUT2D eigenvalue weighted by Gasteiger charge is 2.35. The number of nitrogens with one attached hydrogen (secondary N) is 1. The van der Waals surface area contributed by atoms with Gasteiger partial charge in [0.2, 0.25) is 5.91 Å². The molecule has 0 aromatic carbocycles. The van der Waals surface area contributed by atoms with E-state index in [1.54, 1.807) is 6.26 Å². The number of aryl methyl sites for hydroxylation is 1. The Labute approximate surface area is 114 Å². The Balaban J connectivity index is 1.47. The lowest BCUT2D eigenvalue weighted by Gasteiger charge is -2.32. The lowest BCUT2D eigenvalue weighted by molar-refractivity contribution is -0.122. The predicted molar refractivity (Wildman–Crippen MR) is 72.8 cm³/mol. The number of carbonyl (C=O) groups excluding carboxylic acids is 1. The second-order valence-electron chi connectivity index (χ2n) is 5.64. The normalized spacial score (nSPS) is 27.2. The number of nitrogens with zero attached hydrogens (tertiary/aromatic N) is 1. The molecule has 0 radical (unpaired) electrons. The second kappa shape index (κ2) is 5.78. The third-order valence-corrected chi connectivity index (χ3v) is 4.38. The third kappa shape index (κ3) is 3.00. The molecule has 3 heterocycles. The molecule has 0 aliphatic carbocycles. The summed E-state index contributed by atoms with van der Waals surface area (Å²) in [7, 11) is 0. The molecule has 1 aromatic heterocycles. The van der Waals surface area contributed by atoms with Crippen LogP contribution < -0.4 is 5.32 Å². The first kappa shape index (κ1) is 12.7. The molecule has 19 heavy (non-hydrogen) atoms. The Morgan fingerprint density at radius 1 is 1.37 bits per heavy atom. The first-order valence-electron chi connectivity index (χ1n) is 7.39. The van der Waals surface area contributed by atoms with Crippen LogP contribution >= 0.6 is 0 Å². The molecule has 1 amide bonds. The van der Waals surface area contributed by atoms with Crippen molar-refractivity contribution in [2.45, 2.75) is 50.6 Å². The summed E-state index contributed by atoms with van der Waals surface area (Å²) in [5.74, 6) is 1.05. The number of piperidine rings is 1. The van der Waals surface area contributed by atoms with Crippen LogP contribution in [0.3, 0.4) is 0 Å². The smallest absolute Gasteiger partial charge is 0.220 e. The lowest BCUT2D eigenvalue weighted by atomic mass is 9.99. The number of hydrogen-bond acceptors (Lipinski definition) is 3. The minimum Gasteiger partial charge on any atom is -0.469 e. The third-order valence-electron chi connectivity index (χ3n) is 4.38. The maximum atomic E-state index is 12.0. The molecule has 2 saturated heterocycles. The average molecular weight is 262 g/mol. The summed E-state index contributed by atoms with van der Waals surface area (Å²) < 4.78 is 5.25. The molecule has 4 nitrogen and oxygen atoms in total. The van der Waals surface area contributed by atoms with Gasteiger partial charge in [0.05, 0.1) is 6.26 Å². The average Bonchev–Trinajstić information content (AvgIpc) is 3.07. The van der Waals surface area contributed by atoms with Crippen molar-refractivity contribution >= 4 is 5.91 Å². The van der Waals surface area contributed by atoms with Crippen LogP contribution in [0.15, 0.2) is 22.8 Å². The van der Waals surface area contributed by atoms with E-state index in [1.807, 2.05) is 12.1 Å². The highest BCUT2D eigenvalue weighted by Crippen LogP contribution is 2.27. The lowest BCUT2D eigenvalue weighted by Crippen LogP contribution is -2.46. The fourth-order valence-electron chi connectivity index (χ4n) is 3.39. The number of hydrogen-bond donors (Lipinski definition) is 1. The summed E-state index contributed by atoms with van der Waals surface area (Å²) in [6.45, 7) is 2.36. The Kier molecular flexibility index (Phi) is 3.87. The molecular weight excluding hydrogens is 240 g/mol. The zero-order valence-electron chi connectivity index (χ0n) is 11.3. The number of furan rings is 1. The Bertz CT molecular complexity index is 416. The van der Waals surface area contributed by atoms with E-state index < -0.39 is 0 Å². The quantitative estimate of drug-likeness (QED) is 0.902. The first-order valence-corrected chi connectivity index (χ1v) is 7.39. The predicted octanol–water partition coefficient (Wildman–Crippen LogP) is 1.96. The van der Waals surface area contributed by atoms with Gasteiger partial charge in [-0.2, -0.15) is 0 Å². The molecule has 2 aliphatic rings. The van der Waals surface area contributed by atoms with E-state index in [9.17, 15) is 4.79 Å². The molecule has 4 heteroatoms. The van der Waals surface area contributed by atoms with E-state index in [4.69, 9.17) is 4.42 Å². The second-order valence-corrected chi connectivity index (χ2v) is 5.64. The van der Waals surface area contributed by atoms with Gasteiger partial charge in [0.1, 0.15) is 5.76 Å². The molecule has 0 bridgehead atoms. The zero-order valence-corrected chi connectivity index (χ0v) is 11.3. The standard InChI is InChI=1S/C15H22N2O2/c18-15(7-6-12-4-3-11-19-12)16-13-8-10-17-9-2-1-5-14(13)17/h3-4,11,13-14H,1-2,5-10H2,(H,16,18)/t13-,14+/m0/s1. The molecular formula is C15H22N2O2. The van der Waals surface area contributed by atoms with Crippen LogP contribution in [0.5, 0.6) is 0 Å². The molecule has 0 spiro atoms. The number of carbonyl (C=O) groups is 1. The van der Waals surface area contributed by atoms with Crippen molar-refractivity contribution < 1.29 is 9.21 Å². The van der Waals surface area contributed by atoms with Crippen molar-refractivity contribution in [3.8, 4) is 0 Å². The van der Waals surface area contributed by atoms with Gasteiger partial charge in [0, 0.05) is 31.5 Å². The van der Waals surface area contributed by atoms with Crippen molar-refractivity contribution in [3.63, 3.8) is 0 Å². The van der Waals surface area contributed by atoms with Gasteiger partial charge in [-0.3, -0.25) is 9.69 Å². The summed E-state index contributed by atoms with van der Waals surface area (Å²) >= 11 is 0. The first-order chi connectivity index (χ1) is 9.33. The molecule has 3 rings (SSSR count). The number of fused-ring (bicyclic) bond motifs is 1. The van der Waals surface area contributed by atoms with Gasteiger partial charge in [-0.05, 0) is 37.9 Å². The van der Waals surface area contributed by atoms with E-state index in [0.717, 1.165) is 18.7 Å². The van der Waals surface area contributed by atoms with E-state index >= 15 is 0 Å². The highest BCUT2D eigenvalue weighted by atomic mass is 16.3. The van der Waals surface area contributed by atoms with Gasteiger partial charge < -0.3 is 9.73 Å². The molecule has 2 fully saturated rings. The van der Waals surface area contributed by atoms with E-state index in [2.05, 4.69) is 10.2 Å². The van der Waals surface area contributed by atoms with Crippen molar-refractivity contribution in [1.29, 1.82) is 0 Å². The minimum atomic E-state index is 0.161. The summed E-state index contributed by atoms with van der Waals surface area (Å²) in [6, 6.07) is 4.74. The van der Waals surface area contributed by atoms with Crippen LogP contribution in [0.2, 0.25) is 0 Å². The van der Waals surface area contributed by atoms with Crippen LogP contribution in [-0.2, 0) is 11.2 Å².